The summed E-state index contributed by atoms with van der Waals surface area (Å²) in [4.78, 5) is 4.74. The quantitative estimate of drug-likeness (QED) is 0.589. The summed E-state index contributed by atoms with van der Waals surface area (Å²) in [5.74, 6) is 0.401. The SMILES string of the molecule is CC(C)c1cc(-c2ccccc2)c2cc(Cl)ccc2n1. The molecule has 1 aromatic heterocycles. The highest BCUT2D eigenvalue weighted by molar-refractivity contribution is 6.31. The van der Waals surface area contributed by atoms with E-state index in [1.165, 1.54) is 11.1 Å². The van der Waals surface area contributed by atoms with Gasteiger partial charge in [0.2, 0.25) is 0 Å². The van der Waals surface area contributed by atoms with Gasteiger partial charge in [-0.2, -0.15) is 0 Å². The molecule has 0 amide bonds. The second-order valence-corrected chi connectivity index (χ2v) is 5.71. The summed E-state index contributed by atoms with van der Waals surface area (Å²) in [5, 5.41) is 1.85. The van der Waals surface area contributed by atoms with Gasteiger partial charge in [-0.1, -0.05) is 55.8 Å². The number of benzene rings is 2. The van der Waals surface area contributed by atoms with Crippen molar-refractivity contribution in [3.05, 3.63) is 65.3 Å². The largest absolute Gasteiger partial charge is 0.253 e. The van der Waals surface area contributed by atoms with E-state index in [0.29, 0.717) is 5.92 Å². The lowest BCUT2D eigenvalue weighted by atomic mass is 9.97. The monoisotopic (exact) mass is 281 g/mol. The van der Waals surface area contributed by atoms with Crippen LogP contribution in [0.3, 0.4) is 0 Å². The molecule has 0 fully saturated rings. The summed E-state index contributed by atoms with van der Waals surface area (Å²) in [7, 11) is 0. The molecule has 1 heterocycles. The molecule has 3 rings (SSSR count). The smallest absolute Gasteiger partial charge is 0.0712 e. The van der Waals surface area contributed by atoms with Crippen LogP contribution in [-0.4, -0.2) is 4.98 Å². The van der Waals surface area contributed by atoms with Crippen LogP contribution in [0.15, 0.2) is 54.6 Å². The maximum atomic E-state index is 6.15. The fourth-order valence-electron chi connectivity index (χ4n) is 2.37. The first kappa shape index (κ1) is 13.1. The van der Waals surface area contributed by atoms with E-state index in [2.05, 4.69) is 44.2 Å². The lowest BCUT2D eigenvalue weighted by Gasteiger charge is -2.12. The van der Waals surface area contributed by atoms with Crippen LogP contribution in [0, 0.1) is 0 Å². The van der Waals surface area contributed by atoms with Crippen molar-refractivity contribution in [2.75, 3.05) is 0 Å². The molecule has 3 aromatic rings. The molecule has 0 radical (unpaired) electrons. The van der Waals surface area contributed by atoms with Crippen molar-refractivity contribution in [3.8, 4) is 11.1 Å². The predicted octanol–water partition coefficient (Wildman–Crippen LogP) is 5.68. The standard InChI is InChI=1S/C18H16ClN/c1-12(2)18-11-15(13-6-4-3-5-7-13)16-10-14(19)8-9-17(16)20-18/h3-12H,1-2H3. The highest BCUT2D eigenvalue weighted by atomic mass is 35.5. The van der Waals surface area contributed by atoms with Crippen molar-refractivity contribution in [3.63, 3.8) is 0 Å². The van der Waals surface area contributed by atoms with E-state index >= 15 is 0 Å². The molecule has 0 N–H and O–H groups in total. The molecule has 0 aliphatic rings. The maximum Gasteiger partial charge on any atom is 0.0712 e. The van der Waals surface area contributed by atoms with Gasteiger partial charge < -0.3 is 0 Å². The summed E-state index contributed by atoms with van der Waals surface area (Å²) in [6.07, 6.45) is 0. The molecule has 0 saturated heterocycles. The first-order valence-corrected chi connectivity index (χ1v) is 7.18. The van der Waals surface area contributed by atoms with Crippen LogP contribution in [0.4, 0.5) is 0 Å². The van der Waals surface area contributed by atoms with Crippen LogP contribution in [-0.2, 0) is 0 Å². The van der Waals surface area contributed by atoms with Gasteiger partial charge in [-0.15, -0.1) is 0 Å². The van der Waals surface area contributed by atoms with Crippen LogP contribution < -0.4 is 0 Å². The molecular weight excluding hydrogens is 266 g/mol. The molecule has 0 spiro atoms. The van der Waals surface area contributed by atoms with Gasteiger partial charge in [-0.05, 0) is 41.3 Å². The molecule has 0 aliphatic carbocycles. The number of aromatic nitrogens is 1. The number of pyridine rings is 1. The molecule has 2 aromatic carbocycles. The molecule has 2 heteroatoms. The minimum atomic E-state index is 0.401. The summed E-state index contributed by atoms with van der Waals surface area (Å²) in [6.45, 7) is 4.33. The van der Waals surface area contributed by atoms with Crippen molar-refractivity contribution in [2.24, 2.45) is 0 Å². The van der Waals surface area contributed by atoms with Crippen LogP contribution in [0.1, 0.15) is 25.5 Å². The van der Waals surface area contributed by atoms with Gasteiger partial charge in [0, 0.05) is 16.1 Å². The van der Waals surface area contributed by atoms with Crippen molar-refractivity contribution in [1.29, 1.82) is 0 Å². The molecule has 0 bridgehead atoms. The molecule has 0 aliphatic heterocycles. The average molecular weight is 282 g/mol. The van der Waals surface area contributed by atoms with Crippen LogP contribution in [0.5, 0.6) is 0 Å². The van der Waals surface area contributed by atoms with Crippen molar-refractivity contribution in [1.82, 2.24) is 4.98 Å². The Kier molecular flexibility index (Phi) is 3.45. The topological polar surface area (TPSA) is 12.9 Å². The van der Waals surface area contributed by atoms with Gasteiger partial charge in [-0.3, -0.25) is 4.98 Å². The maximum absolute atomic E-state index is 6.15. The molecule has 100 valence electrons. The van der Waals surface area contributed by atoms with Gasteiger partial charge in [0.1, 0.15) is 0 Å². The third kappa shape index (κ3) is 2.41. The van der Waals surface area contributed by atoms with Gasteiger partial charge in [0.05, 0.1) is 5.52 Å². The zero-order chi connectivity index (χ0) is 14.1. The number of hydrogen-bond acceptors (Lipinski definition) is 1. The highest BCUT2D eigenvalue weighted by Gasteiger charge is 2.10. The summed E-state index contributed by atoms with van der Waals surface area (Å²) in [6, 6.07) is 18.5. The number of nitrogens with zero attached hydrogens (tertiary/aromatic N) is 1. The molecular formula is C18H16ClN. The summed E-state index contributed by atoms with van der Waals surface area (Å²) >= 11 is 6.15. The van der Waals surface area contributed by atoms with E-state index in [9.17, 15) is 0 Å². The Bertz CT molecular complexity index is 748. The first-order chi connectivity index (χ1) is 9.65. The summed E-state index contributed by atoms with van der Waals surface area (Å²) in [5.41, 5.74) is 4.50. The van der Waals surface area contributed by atoms with E-state index < -0.39 is 0 Å². The fourth-order valence-corrected chi connectivity index (χ4v) is 2.54. The Morgan fingerprint density at radius 1 is 0.950 bits per heavy atom. The third-order valence-electron chi connectivity index (χ3n) is 3.47. The van der Waals surface area contributed by atoms with Gasteiger partial charge in [0.25, 0.3) is 0 Å². The number of halogens is 1. The number of rotatable bonds is 2. The lowest BCUT2D eigenvalue weighted by molar-refractivity contribution is 0.830. The molecule has 0 atom stereocenters. The summed E-state index contributed by atoms with van der Waals surface area (Å²) < 4.78 is 0. The first-order valence-electron chi connectivity index (χ1n) is 6.81. The number of hydrogen-bond donors (Lipinski definition) is 0. The van der Waals surface area contributed by atoms with Gasteiger partial charge >= 0.3 is 0 Å². The third-order valence-corrected chi connectivity index (χ3v) is 3.70. The van der Waals surface area contributed by atoms with Crippen molar-refractivity contribution < 1.29 is 0 Å². The molecule has 1 nitrogen and oxygen atoms in total. The van der Waals surface area contributed by atoms with E-state index in [0.717, 1.165) is 21.6 Å². The van der Waals surface area contributed by atoms with Crippen LogP contribution in [0.25, 0.3) is 22.0 Å². The fraction of sp³-hybridized carbons (Fsp3) is 0.167. The van der Waals surface area contributed by atoms with E-state index in [-0.39, 0.29) is 0 Å². The Hall–Kier alpha value is -1.86. The zero-order valence-electron chi connectivity index (χ0n) is 11.6. The van der Waals surface area contributed by atoms with E-state index in [1.807, 2.05) is 24.3 Å². The second-order valence-electron chi connectivity index (χ2n) is 5.28. The average Bonchev–Trinajstić information content (AvgIpc) is 2.47. The van der Waals surface area contributed by atoms with Crippen LogP contribution in [0.2, 0.25) is 5.02 Å². The van der Waals surface area contributed by atoms with Gasteiger partial charge in [-0.25, -0.2) is 0 Å². The molecule has 0 saturated carbocycles. The lowest BCUT2D eigenvalue weighted by Crippen LogP contribution is -1.95. The Morgan fingerprint density at radius 2 is 1.70 bits per heavy atom. The highest BCUT2D eigenvalue weighted by Crippen LogP contribution is 2.32. The zero-order valence-corrected chi connectivity index (χ0v) is 12.4. The van der Waals surface area contributed by atoms with E-state index in [4.69, 9.17) is 16.6 Å². The van der Waals surface area contributed by atoms with E-state index in [1.54, 1.807) is 0 Å². The Morgan fingerprint density at radius 3 is 2.40 bits per heavy atom. The van der Waals surface area contributed by atoms with Gasteiger partial charge in [0.15, 0.2) is 0 Å². The molecule has 20 heavy (non-hydrogen) atoms. The minimum absolute atomic E-state index is 0.401. The Balaban J connectivity index is 2.35. The number of fused-ring (bicyclic) bond motifs is 1. The Labute approximate surface area is 124 Å². The second kappa shape index (κ2) is 5.26. The van der Waals surface area contributed by atoms with Crippen molar-refractivity contribution >= 4 is 22.5 Å². The predicted molar refractivity (Wildman–Crippen MR) is 86.3 cm³/mol. The molecule has 0 unspecified atom stereocenters. The normalized spacial score (nSPS) is 11.2. The minimum Gasteiger partial charge on any atom is -0.253 e. The van der Waals surface area contributed by atoms with Crippen LogP contribution >= 0.6 is 11.6 Å². The van der Waals surface area contributed by atoms with Crippen molar-refractivity contribution in [2.45, 2.75) is 19.8 Å².